The van der Waals surface area contributed by atoms with E-state index in [1.165, 1.54) is 24.5 Å². The van der Waals surface area contributed by atoms with Crippen LogP contribution >= 0.6 is 0 Å². The largest absolute Gasteiger partial charge is 0.340 e. The van der Waals surface area contributed by atoms with Crippen LogP contribution in [-0.2, 0) is 12.6 Å². The molecule has 5 aromatic carbocycles. The predicted molar refractivity (Wildman–Crippen MR) is 183 cm³/mol. The van der Waals surface area contributed by atoms with Crippen LogP contribution in [0.3, 0.4) is 0 Å². The maximum atomic E-state index is 15.7. The van der Waals surface area contributed by atoms with Crippen LogP contribution in [0.1, 0.15) is 16.7 Å². The Labute approximate surface area is 275 Å². The quantitative estimate of drug-likeness (QED) is 0.165. The number of nitrogens with zero attached hydrogens (tertiary/aromatic N) is 6. The van der Waals surface area contributed by atoms with E-state index in [2.05, 4.69) is 51.4 Å². The first-order valence-electron chi connectivity index (χ1n) is 15.5. The lowest BCUT2D eigenvalue weighted by Crippen LogP contribution is -2.38. The first-order chi connectivity index (χ1) is 23.5. The lowest BCUT2D eigenvalue weighted by Gasteiger charge is -2.36. The van der Waals surface area contributed by atoms with E-state index in [1.807, 2.05) is 101 Å². The van der Waals surface area contributed by atoms with Crippen molar-refractivity contribution >= 4 is 10.9 Å². The summed E-state index contributed by atoms with van der Waals surface area (Å²) >= 11 is 0. The molecule has 0 fully saturated rings. The van der Waals surface area contributed by atoms with Crippen molar-refractivity contribution in [3.05, 3.63) is 181 Å². The highest BCUT2D eigenvalue weighted by molar-refractivity contribution is 5.95. The Hall–Kier alpha value is -6.28. The Morgan fingerprint density at radius 3 is 1.77 bits per heavy atom. The number of hydrogen-bond acceptors (Lipinski definition) is 4. The Balaban J connectivity index is 1.47. The molecule has 6 nitrogen and oxygen atoms in total. The molecule has 0 amide bonds. The molecule has 0 spiro atoms. The van der Waals surface area contributed by atoms with Gasteiger partial charge in [-0.2, -0.15) is 5.10 Å². The van der Waals surface area contributed by atoms with E-state index in [1.54, 1.807) is 6.33 Å². The van der Waals surface area contributed by atoms with E-state index in [4.69, 9.17) is 5.10 Å². The zero-order chi connectivity index (χ0) is 32.7. The summed E-state index contributed by atoms with van der Waals surface area (Å²) in [6.45, 7) is 0. The molecule has 8 rings (SSSR count). The van der Waals surface area contributed by atoms with Crippen LogP contribution < -0.4 is 0 Å². The molecule has 0 N–H and O–H groups in total. The highest BCUT2D eigenvalue weighted by Crippen LogP contribution is 2.44. The van der Waals surface area contributed by atoms with E-state index < -0.39 is 17.2 Å². The molecule has 3 aromatic heterocycles. The average molecular weight is 631 g/mol. The van der Waals surface area contributed by atoms with Gasteiger partial charge >= 0.3 is 0 Å². The SMILES string of the molecule is Cn1cnc(-c2ncnc3ccc(-c4cn(C(c5ccccc5)(c5ccccc5)c5ccccc5)nc4-c4c(F)cccc4F)cc23)c1. The van der Waals surface area contributed by atoms with Crippen LogP contribution in [0.25, 0.3) is 44.7 Å². The minimum absolute atomic E-state index is 0.174. The maximum absolute atomic E-state index is 15.7. The number of rotatable bonds is 7. The van der Waals surface area contributed by atoms with E-state index in [9.17, 15) is 0 Å². The van der Waals surface area contributed by atoms with E-state index >= 15 is 8.78 Å². The standard InChI is InChI=1S/C40H28F2N6/c1-47-24-36(45-26-47)38-31-22-27(20-21-35(31)43-25-44-38)32-23-48(46-39(32)37-33(41)18-11-19-34(37)42)40(28-12-5-2-6-13-28,29-14-7-3-8-15-29)30-16-9-4-10-17-30/h2-26H,1H3. The lowest BCUT2D eigenvalue weighted by atomic mass is 9.77. The molecule has 0 aliphatic heterocycles. The fourth-order valence-electron chi connectivity index (χ4n) is 6.56. The molecule has 0 radical (unpaired) electrons. The van der Waals surface area contributed by atoms with E-state index in [0.29, 0.717) is 28.0 Å². The Morgan fingerprint density at radius 1 is 0.604 bits per heavy atom. The van der Waals surface area contributed by atoms with Crippen molar-refractivity contribution in [2.75, 3.05) is 0 Å². The molecule has 0 saturated carbocycles. The molecule has 48 heavy (non-hydrogen) atoms. The Morgan fingerprint density at radius 2 is 1.21 bits per heavy atom. The number of hydrogen-bond donors (Lipinski definition) is 0. The molecule has 0 saturated heterocycles. The molecule has 8 heteroatoms. The van der Waals surface area contributed by atoms with Gasteiger partial charge in [-0.05, 0) is 46.5 Å². The minimum Gasteiger partial charge on any atom is -0.340 e. The van der Waals surface area contributed by atoms with Gasteiger partial charge in [-0.15, -0.1) is 0 Å². The number of aryl methyl sites for hydroxylation is 1. The van der Waals surface area contributed by atoms with Crippen molar-refractivity contribution < 1.29 is 8.78 Å². The van der Waals surface area contributed by atoms with Crippen molar-refractivity contribution in [2.45, 2.75) is 5.54 Å². The van der Waals surface area contributed by atoms with Gasteiger partial charge in [-0.25, -0.2) is 23.7 Å². The second kappa shape index (κ2) is 11.8. The zero-order valence-electron chi connectivity index (χ0n) is 25.9. The van der Waals surface area contributed by atoms with Gasteiger partial charge in [0.05, 0.1) is 17.4 Å². The van der Waals surface area contributed by atoms with E-state index in [-0.39, 0.29) is 11.3 Å². The highest BCUT2D eigenvalue weighted by atomic mass is 19.1. The molecule has 0 aliphatic rings. The van der Waals surface area contributed by atoms with Crippen molar-refractivity contribution in [2.24, 2.45) is 7.05 Å². The number of fused-ring (bicyclic) bond motifs is 1. The highest BCUT2D eigenvalue weighted by Gasteiger charge is 2.40. The summed E-state index contributed by atoms with van der Waals surface area (Å²) in [6.07, 6.45) is 7.00. The molecule has 0 aliphatic carbocycles. The minimum atomic E-state index is -1.00. The first-order valence-corrected chi connectivity index (χ1v) is 15.5. The number of aromatic nitrogens is 6. The molecule has 0 bridgehead atoms. The summed E-state index contributed by atoms with van der Waals surface area (Å²) in [7, 11) is 1.90. The van der Waals surface area contributed by atoms with Crippen LogP contribution in [-0.4, -0.2) is 29.3 Å². The van der Waals surface area contributed by atoms with Crippen molar-refractivity contribution in [3.63, 3.8) is 0 Å². The van der Waals surface area contributed by atoms with Gasteiger partial charge in [-0.1, -0.05) is 103 Å². The maximum Gasteiger partial charge on any atom is 0.138 e. The topological polar surface area (TPSA) is 61.4 Å². The number of benzene rings is 5. The van der Waals surface area contributed by atoms with Crippen LogP contribution in [0.4, 0.5) is 8.78 Å². The molecular weight excluding hydrogens is 602 g/mol. The second-order valence-corrected chi connectivity index (χ2v) is 11.6. The first kappa shape index (κ1) is 29.1. The van der Waals surface area contributed by atoms with Crippen molar-refractivity contribution in [1.29, 1.82) is 0 Å². The lowest BCUT2D eigenvalue weighted by molar-refractivity contribution is 0.460. The average Bonchev–Trinajstić information content (AvgIpc) is 3.76. The summed E-state index contributed by atoms with van der Waals surface area (Å²) in [5, 5.41) is 5.89. The van der Waals surface area contributed by atoms with Gasteiger partial charge in [0, 0.05) is 30.4 Å². The van der Waals surface area contributed by atoms with Gasteiger partial charge < -0.3 is 4.57 Å². The molecule has 0 atom stereocenters. The van der Waals surface area contributed by atoms with Gasteiger partial charge in [0.1, 0.15) is 40.6 Å². The van der Waals surface area contributed by atoms with Gasteiger partial charge in [0.25, 0.3) is 0 Å². The zero-order valence-corrected chi connectivity index (χ0v) is 25.9. The number of imidazole rings is 1. The van der Waals surface area contributed by atoms with Crippen LogP contribution in [0.2, 0.25) is 0 Å². The summed E-state index contributed by atoms with van der Waals surface area (Å²) in [5.74, 6) is -1.41. The second-order valence-electron chi connectivity index (χ2n) is 11.6. The number of halogens is 2. The van der Waals surface area contributed by atoms with E-state index in [0.717, 1.165) is 22.1 Å². The normalized spacial score (nSPS) is 11.6. The summed E-state index contributed by atoms with van der Waals surface area (Å²) in [5.41, 5.74) is 5.06. The third-order valence-corrected chi connectivity index (χ3v) is 8.73. The van der Waals surface area contributed by atoms with Gasteiger partial charge in [0.15, 0.2) is 0 Å². The molecular formula is C40H28F2N6. The fraction of sp³-hybridized carbons (Fsp3) is 0.0500. The summed E-state index contributed by atoms with van der Waals surface area (Å²) in [4.78, 5) is 13.6. The third-order valence-electron chi connectivity index (χ3n) is 8.73. The summed E-state index contributed by atoms with van der Waals surface area (Å²) in [6, 6.07) is 39.7. The van der Waals surface area contributed by atoms with Gasteiger partial charge in [0.2, 0.25) is 0 Å². The molecule has 3 heterocycles. The van der Waals surface area contributed by atoms with Crippen LogP contribution in [0.15, 0.2) is 152 Å². The summed E-state index contributed by atoms with van der Waals surface area (Å²) < 4.78 is 35.2. The van der Waals surface area contributed by atoms with Crippen LogP contribution in [0.5, 0.6) is 0 Å². The molecule has 8 aromatic rings. The fourth-order valence-corrected chi connectivity index (χ4v) is 6.56. The predicted octanol–water partition coefficient (Wildman–Crippen LogP) is 8.68. The Bertz CT molecular complexity index is 2270. The van der Waals surface area contributed by atoms with Crippen molar-refractivity contribution in [1.82, 2.24) is 29.3 Å². The third kappa shape index (κ3) is 4.77. The van der Waals surface area contributed by atoms with Crippen LogP contribution in [0, 0.1) is 11.6 Å². The van der Waals surface area contributed by atoms with Gasteiger partial charge in [-0.3, -0.25) is 4.68 Å². The molecule has 0 unspecified atom stereocenters. The monoisotopic (exact) mass is 630 g/mol. The molecule has 232 valence electrons. The Kier molecular flexibility index (Phi) is 7.18. The van der Waals surface area contributed by atoms with Crippen molar-refractivity contribution in [3.8, 4) is 33.8 Å². The smallest absolute Gasteiger partial charge is 0.138 e.